The predicted octanol–water partition coefficient (Wildman–Crippen LogP) is 9.35. The Bertz CT molecular complexity index is 420. The molecular formula is C27H50BrN. The van der Waals surface area contributed by atoms with Gasteiger partial charge in [0.1, 0.15) is 0 Å². The van der Waals surface area contributed by atoms with Crippen LogP contribution >= 0.6 is 17.0 Å². The minimum atomic E-state index is 0. The third-order valence-corrected chi connectivity index (χ3v) is 5.94. The van der Waals surface area contributed by atoms with Crippen molar-refractivity contribution >= 4 is 17.0 Å². The van der Waals surface area contributed by atoms with Crippen LogP contribution in [0, 0.1) is 0 Å². The first-order valence-electron chi connectivity index (χ1n) is 12.6. The molecule has 0 aromatic heterocycles. The molecule has 0 spiro atoms. The van der Waals surface area contributed by atoms with E-state index in [4.69, 9.17) is 0 Å². The van der Waals surface area contributed by atoms with E-state index in [9.17, 15) is 0 Å². The van der Waals surface area contributed by atoms with Crippen molar-refractivity contribution in [1.82, 2.24) is 4.90 Å². The van der Waals surface area contributed by atoms with Crippen LogP contribution in [0.25, 0.3) is 0 Å². The second-order valence-electron chi connectivity index (χ2n) is 8.88. The number of nitrogens with zero attached hydrogens (tertiary/aromatic N) is 1. The summed E-state index contributed by atoms with van der Waals surface area (Å²) in [5.41, 5.74) is 1.43. The average Bonchev–Trinajstić information content (AvgIpc) is 2.71. The SMILES string of the molecule is Br.CCCCCCCCCCCCCCCCCCCN(C)Cc1ccccc1. The molecular weight excluding hydrogens is 418 g/mol. The van der Waals surface area contributed by atoms with Gasteiger partial charge in [-0.25, -0.2) is 0 Å². The van der Waals surface area contributed by atoms with E-state index in [1.165, 1.54) is 121 Å². The standard InChI is InChI=1S/C27H49N.BrH/c1-3-4-5-6-7-8-9-10-11-12-13-14-15-16-17-18-22-25-28(2)26-27-23-20-19-21-24-27;/h19-21,23-24H,3-18,22,25-26H2,1-2H3;1H. The van der Waals surface area contributed by atoms with Crippen LogP contribution in [0.15, 0.2) is 30.3 Å². The lowest BCUT2D eigenvalue weighted by molar-refractivity contribution is 0.316. The van der Waals surface area contributed by atoms with E-state index in [-0.39, 0.29) is 17.0 Å². The molecule has 0 bridgehead atoms. The number of halogens is 1. The summed E-state index contributed by atoms with van der Waals surface area (Å²) < 4.78 is 0. The molecule has 1 rings (SSSR count). The van der Waals surface area contributed by atoms with Crippen LogP contribution in [0.2, 0.25) is 0 Å². The number of benzene rings is 1. The molecule has 0 radical (unpaired) electrons. The van der Waals surface area contributed by atoms with E-state index in [2.05, 4.69) is 49.2 Å². The van der Waals surface area contributed by atoms with Crippen molar-refractivity contribution in [2.24, 2.45) is 0 Å². The van der Waals surface area contributed by atoms with Crippen LogP contribution < -0.4 is 0 Å². The molecule has 0 atom stereocenters. The predicted molar refractivity (Wildman–Crippen MR) is 137 cm³/mol. The number of rotatable bonds is 20. The summed E-state index contributed by atoms with van der Waals surface area (Å²) in [6, 6.07) is 10.8. The van der Waals surface area contributed by atoms with Crippen molar-refractivity contribution in [1.29, 1.82) is 0 Å². The topological polar surface area (TPSA) is 3.24 Å². The van der Waals surface area contributed by atoms with Gasteiger partial charge in [-0.3, -0.25) is 0 Å². The molecule has 0 fully saturated rings. The van der Waals surface area contributed by atoms with Gasteiger partial charge in [0.25, 0.3) is 0 Å². The van der Waals surface area contributed by atoms with Crippen molar-refractivity contribution in [2.75, 3.05) is 13.6 Å². The summed E-state index contributed by atoms with van der Waals surface area (Å²) >= 11 is 0. The Balaban J connectivity index is 0.00000784. The van der Waals surface area contributed by atoms with Gasteiger partial charge in [-0.15, -0.1) is 17.0 Å². The minimum Gasteiger partial charge on any atom is -0.302 e. The van der Waals surface area contributed by atoms with E-state index in [1.807, 2.05) is 0 Å². The van der Waals surface area contributed by atoms with Crippen molar-refractivity contribution in [3.05, 3.63) is 35.9 Å². The molecule has 0 aliphatic carbocycles. The first-order chi connectivity index (χ1) is 13.8. The minimum absolute atomic E-state index is 0. The van der Waals surface area contributed by atoms with Crippen molar-refractivity contribution in [3.8, 4) is 0 Å². The van der Waals surface area contributed by atoms with Gasteiger partial charge >= 0.3 is 0 Å². The highest BCUT2D eigenvalue weighted by Crippen LogP contribution is 2.14. The maximum Gasteiger partial charge on any atom is 0.0230 e. The lowest BCUT2D eigenvalue weighted by Gasteiger charge is -2.16. The molecule has 0 heterocycles. The Hall–Kier alpha value is -0.340. The van der Waals surface area contributed by atoms with E-state index in [0.717, 1.165) is 6.54 Å². The second-order valence-corrected chi connectivity index (χ2v) is 8.88. The summed E-state index contributed by atoms with van der Waals surface area (Å²) in [7, 11) is 2.25. The molecule has 0 aliphatic rings. The summed E-state index contributed by atoms with van der Waals surface area (Å²) in [4.78, 5) is 2.46. The Kier molecular flexibility index (Phi) is 22.1. The van der Waals surface area contributed by atoms with E-state index < -0.39 is 0 Å². The molecule has 29 heavy (non-hydrogen) atoms. The average molecular weight is 469 g/mol. The van der Waals surface area contributed by atoms with Gasteiger partial charge in [0.2, 0.25) is 0 Å². The Morgan fingerprint density at radius 2 is 0.931 bits per heavy atom. The Labute approximate surface area is 193 Å². The Morgan fingerprint density at radius 1 is 0.552 bits per heavy atom. The normalized spacial score (nSPS) is 11.0. The van der Waals surface area contributed by atoms with Crippen LogP contribution in [0.4, 0.5) is 0 Å². The molecule has 0 saturated heterocycles. The maximum atomic E-state index is 2.46. The van der Waals surface area contributed by atoms with Crippen LogP contribution in [0.3, 0.4) is 0 Å². The zero-order valence-corrected chi connectivity index (χ0v) is 21.4. The largest absolute Gasteiger partial charge is 0.302 e. The molecule has 2 heteroatoms. The summed E-state index contributed by atoms with van der Waals surface area (Å²) in [5, 5.41) is 0. The van der Waals surface area contributed by atoms with Gasteiger partial charge in [-0.05, 0) is 25.6 Å². The summed E-state index contributed by atoms with van der Waals surface area (Å²) in [6.45, 7) is 4.61. The highest BCUT2D eigenvalue weighted by Gasteiger charge is 2.00. The molecule has 1 aromatic rings. The fraction of sp³-hybridized carbons (Fsp3) is 0.778. The molecule has 0 aliphatic heterocycles. The molecule has 0 unspecified atom stereocenters. The van der Waals surface area contributed by atoms with Gasteiger partial charge in [0.05, 0.1) is 0 Å². The van der Waals surface area contributed by atoms with E-state index >= 15 is 0 Å². The molecule has 1 aromatic carbocycles. The number of hydrogen-bond acceptors (Lipinski definition) is 1. The molecule has 0 saturated carbocycles. The van der Waals surface area contributed by atoms with Gasteiger partial charge < -0.3 is 4.90 Å². The van der Waals surface area contributed by atoms with Crippen molar-refractivity contribution in [2.45, 2.75) is 123 Å². The molecule has 1 nitrogen and oxygen atoms in total. The number of unbranched alkanes of at least 4 members (excludes halogenated alkanes) is 16. The first kappa shape index (κ1) is 28.7. The van der Waals surface area contributed by atoms with Crippen LogP contribution in [-0.2, 0) is 6.54 Å². The fourth-order valence-electron chi connectivity index (χ4n) is 4.08. The third kappa shape index (κ3) is 19.4. The number of hydrogen-bond donors (Lipinski definition) is 0. The molecule has 0 N–H and O–H groups in total. The second kappa shape index (κ2) is 22.3. The van der Waals surface area contributed by atoms with Crippen molar-refractivity contribution < 1.29 is 0 Å². The van der Waals surface area contributed by atoms with Gasteiger partial charge in [-0.2, -0.15) is 0 Å². The highest BCUT2D eigenvalue weighted by atomic mass is 79.9. The quantitative estimate of drug-likeness (QED) is 0.172. The van der Waals surface area contributed by atoms with Gasteiger partial charge in [0.15, 0.2) is 0 Å². The van der Waals surface area contributed by atoms with Crippen LogP contribution in [-0.4, -0.2) is 18.5 Å². The zero-order valence-electron chi connectivity index (χ0n) is 19.7. The fourth-order valence-corrected chi connectivity index (χ4v) is 4.08. The third-order valence-electron chi connectivity index (χ3n) is 5.94. The lowest BCUT2D eigenvalue weighted by Crippen LogP contribution is -2.18. The van der Waals surface area contributed by atoms with E-state index in [1.54, 1.807) is 0 Å². The highest BCUT2D eigenvalue weighted by molar-refractivity contribution is 8.93. The lowest BCUT2D eigenvalue weighted by atomic mass is 10.0. The van der Waals surface area contributed by atoms with Crippen molar-refractivity contribution in [3.63, 3.8) is 0 Å². The monoisotopic (exact) mass is 467 g/mol. The van der Waals surface area contributed by atoms with Gasteiger partial charge in [-0.1, -0.05) is 140 Å². The maximum absolute atomic E-state index is 2.46. The van der Waals surface area contributed by atoms with E-state index in [0.29, 0.717) is 0 Å². The van der Waals surface area contributed by atoms with Gasteiger partial charge in [0, 0.05) is 6.54 Å². The summed E-state index contributed by atoms with van der Waals surface area (Å²) in [5.74, 6) is 0. The summed E-state index contributed by atoms with van der Waals surface area (Å²) in [6.07, 6.45) is 24.6. The molecule has 0 amide bonds. The van der Waals surface area contributed by atoms with Crippen LogP contribution in [0.1, 0.15) is 122 Å². The smallest absolute Gasteiger partial charge is 0.0230 e. The van der Waals surface area contributed by atoms with Crippen LogP contribution in [0.5, 0.6) is 0 Å². The Morgan fingerprint density at radius 3 is 1.34 bits per heavy atom. The molecule has 170 valence electrons. The zero-order chi connectivity index (χ0) is 20.1. The first-order valence-corrected chi connectivity index (χ1v) is 12.6.